The molecule has 0 fully saturated rings. The molecule has 3 rings (SSSR count). The highest BCUT2D eigenvalue weighted by molar-refractivity contribution is 5.75. The van der Waals surface area contributed by atoms with Crippen molar-refractivity contribution in [1.82, 2.24) is 14.6 Å². The lowest BCUT2D eigenvalue weighted by atomic mass is 10.0. The molecule has 4 nitrogen and oxygen atoms in total. The van der Waals surface area contributed by atoms with Gasteiger partial charge in [-0.05, 0) is 50.8 Å². The Hall–Kier alpha value is -2.49. The molecule has 130 valence electrons. The number of hydrogen-bond donors (Lipinski definition) is 0. The molecular formula is C21H25N3O. The van der Waals surface area contributed by atoms with Crippen LogP contribution in [0, 0.1) is 13.8 Å². The van der Waals surface area contributed by atoms with Gasteiger partial charge in [0, 0.05) is 29.8 Å². The fraction of sp³-hybridized carbons (Fsp3) is 0.381. The normalized spacial score (nSPS) is 11.2. The number of carbonyl (C=O) groups is 1. The van der Waals surface area contributed by atoms with Gasteiger partial charge in [-0.1, -0.05) is 31.2 Å². The number of nitrogens with zero attached hydrogens (tertiary/aromatic N) is 3. The largest absolute Gasteiger partial charge is 0.300 e. The van der Waals surface area contributed by atoms with E-state index in [0.29, 0.717) is 6.42 Å². The third-order valence-corrected chi connectivity index (χ3v) is 4.58. The predicted molar refractivity (Wildman–Crippen MR) is 100 cm³/mol. The van der Waals surface area contributed by atoms with Crippen molar-refractivity contribution < 1.29 is 4.79 Å². The number of carbonyl (C=O) groups excluding carboxylic acids is 1. The molecule has 3 aromatic rings. The topological polar surface area (TPSA) is 47.3 Å². The fourth-order valence-electron chi connectivity index (χ4n) is 3.22. The van der Waals surface area contributed by atoms with Gasteiger partial charge in [-0.2, -0.15) is 5.10 Å². The first kappa shape index (κ1) is 17.3. The number of benzene rings is 1. The second-order valence-corrected chi connectivity index (χ2v) is 6.75. The van der Waals surface area contributed by atoms with E-state index in [1.165, 1.54) is 16.7 Å². The van der Waals surface area contributed by atoms with Gasteiger partial charge >= 0.3 is 0 Å². The van der Waals surface area contributed by atoms with Crippen LogP contribution in [0.25, 0.3) is 5.65 Å². The van der Waals surface area contributed by atoms with Crippen molar-refractivity contribution in [3.63, 3.8) is 0 Å². The van der Waals surface area contributed by atoms with Crippen LogP contribution >= 0.6 is 0 Å². The molecule has 0 radical (unpaired) electrons. The molecule has 0 aliphatic heterocycles. The second kappa shape index (κ2) is 7.18. The van der Waals surface area contributed by atoms with Crippen molar-refractivity contribution in [1.29, 1.82) is 0 Å². The van der Waals surface area contributed by atoms with Crippen molar-refractivity contribution >= 4 is 11.4 Å². The second-order valence-electron chi connectivity index (χ2n) is 6.75. The molecule has 0 spiro atoms. The molecule has 1 aromatic carbocycles. The third kappa shape index (κ3) is 3.78. The van der Waals surface area contributed by atoms with Gasteiger partial charge in [-0.25, -0.2) is 9.50 Å². The third-order valence-electron chi connectivity index (χ3n) is 4.58. The van der Waals surface area contributed by atoms with Gasteiger partial charge in [0.1, 0.15) is 5.78 Å². The summed E-state index contributed by atoms with van der Waals surface area (Å²) in [6.07, 6.45) is 3.14. The first-order valence-corrected chi connectivity index (χ1v) is 8.90. The van der Waals surface area contributed by atoms with E-state index in [1.54, 1.807) is 6.92 Å². The summed E-state index contributed by atoms with van der Waals surface area (Å²) in [5.74, 6) is 0.236. The molecule has 4 heteroatoms. The number of aromatic nitrogens is 3. The summed E-state index contributed by atoms with van der Waals surface area (Å²) in [6.45, 7) is 7.88. The maximum Gasteiger partial charge on any atom is 0.159 e. The number of aryl methyl sites for hydroxylation is 4. The Bertz CT molecular complexity index is 907. The van der Waals surface area contributed by atoms with E-state index in [9.17, 15) is 4.79 Å². The Balaban J connectivity index is 1.91. The zero-order chi connectivity index (χ0) is 18.0. The number of fused-ring (bicyclic) bond motifs is 1. The van der Waals surface area contributed by atoms with Crippen LogP contribution in [0.1, 0.15) is 54.0 Å². The van der Waals surface area contributed by atoms with E-state index in [1.807, 2.05) is 11.4 Å². The summed E-state index contributed by atoms with van der Waals surface area (Å²) >= 11 is 0. The Morgan fingerprint density at radius 2 is 1.80 bits per heavy atom. The SMILES string of the molecule is CCc1nn2c(C)cc(C)nc2c1Cc1ccc(CCC(C)=O)cc1. The molecule has 0 unspecified atom stereocenters. The van der Waals surface area contributed by atoms with Crippen LogP contribution in [0.3, 0.4) is 0 Å². The van der Waals surface area contributed by atoms with Gasteiger partial charge in [0.15, 0.2) is 5.65 Å². The zero-order valence-electron chi connectivity index (χ0n) is 15.5. The smallest absolute Gasteiger partial charge is 0.159 e. The molecule has 0 saturated heterocycles. The van der Waals surface area contributed by atoms with Gasteiger partial charge in [-0.3, -0.25) is 0 Å². The van der Waals surface area contributed by atoms with Gasteiger partial charge in [0.2, 0.25) is 0 Å². The van der Waals surface area contributed by atoms with Crippen LogP contribution in [-0.2, 0) is 24.1 Å². The zero-order valence-corrected chi connectivity index (χ0v) is 15.5. The molecule has 0 N–H and O–H groups in total. The first-order valence-electron chi connectivity index (χ1n) is 8.90. The van der Waals surface area contributed by atoms with Crippen molar-refractivity contribution in [3.8, 4) is 0 Å². The maximum atomic E-state index is 11.1. The fourth-order valence-corrected chi connectivity index (χ4v) is 3.22. The molecule has 0 aliphatic rings. The highest BCUT2D eigenvalue weighted by Crippen LogP contribution is 2.21. The number of hydrogen-bond acceptors (Lipinski definition) is 3. The first-order chi connectivity index (χ1) is 12.0. The Morgan fingerprint density at radius 1 is 1.12 bits per heavy atom. The summed E-state index contributed by atoms with van der Waals surface area (Å²) < 4.78 is 1.96. The molecular weight excluding hydrogens is 310 g/mol. The van der Waals surface area contributed by atoms with Crippen LogP contribution in [0.4, 0.5) is 0 Å². The Morgan fingerprint density at radius 3 is 2.44 bits per heavy atom. The van der Waals surface area contributed by atoms with Gasteiger partial charge in [0.05, 0.1) is 5.69 Å². The average molecular weight is 335 g/mol. The summed E-state index contributed by atoms with van der Waals surface area (Å²) in [7, 11) is 0. The van der Waals surface area contributed by atoms with Crippen LogP contribution in [0.5, 0.6) is 0 Å². The summed E-state index contributed by atoms with van der Waals surface area (Å²) in [4.78, 5) is 15.9. The highest BCUT2D eigenvalue weighted by atomic mass is 16.1. The number of rotatable bonds is 6. The van der Waals surface area contributed by atoms with Crippen LogP contribution in [-0.4, -0.2) is 20.4 Å². The molecule has 25 heavy (non-hydrogen) atoms. The van der Waals surface area contributed by atoms with E-state index in [0.717, 1.165) is 42.0 Å². The van der Waals surface area contributed by atoms with Crippen LogP contribution < -0.4 is 0 Å². The quantitative estimate of drug-likeness (QED) is 0.683. The van der Waals surface area contributed by atoms with E-state index in [-0.39, 0.29) is 5.78 Å². The molecule has 0 bridgehead atoms. The van der Waals surface area contributed by atoms with Crippen molar-refractivity contribution in [2.24, 2.45) is 0 Å². The van der Waals surface area contributed by atoms with E-state index >= 15 is 0 Å². The van der Waals surface area contributed by atoms with E-state index in [4.69, 9.17) is 10.1 Å². The molecule has 0 amide bonds. The minimum atomic E-state index is 0.236. The summed E-state index contributed by atoms with van der Waals surface area (Å²) in [5.41, 5.74) is 7.88. The lowest BCUT2D eigenvalue weighted by Gasteiger charge is -2.05. The predicted octanol–water partition coefficient (Wildman–Crippen LogP) is 4.02. The Kier molecular flexibility index (Phi) is 4.98. The minimum Gasteiger partial charge on any atom is -0.300 e. The lowest BCUT2D eigenvalue weighted by Crippen LogP contribution is -1.99. The summed E-state index contributed by atoms with van der Waals surface area (Å²) in [6, 6.07) is 10.6. The van der Waals surface area contributed by atoms with Crippen LogP contribution in [0.2, 0.25) is 0 Å². The van der Waals surface area contributed by atoms with Crippen molar-refractivity contribution in [3.05, 3.63) is 64.1 Å². The van der Waals surface area contributed by atoms with Gasteiger partial charge in [0.25, 0.3) is 0 Å². The minimum absolute atomic E-state index is 0.236. The Labute approximate surface area is 148 Å². The van der Waals surface area contributed by atoms with Gasteiger partial charge < -0.3 is 4.79 Å². The van der Waals surface area contributed by atoms with Crippen molar-refractivity contribution in [2.45, 2.75) is 53.4 Å². The van der Waals surface area contributed by atoms with E-state index in [2.05, 4.69) is 44.2 Å². The maximum absolute atomic E-state index is 11.1. The highest BCUT2D eigenvalue weighted by Gasteiger charge is 2.15. The van der Waals surface area contributed by atoms with E-state index < -0.39 is 0 Å². The average Bonchev–Trinajstić information content (AvgIpc) is 2.92. The van der Waals surface area contributed by atoms with Crippen LogP contribution in [0.15, 0.2) is 30.3 Å². The molecule has 2 aromatic heterocycles. The van der Waals surface area contributed by atoms with Gasteiger partial charge in [-0.15, -0.1) is 0 Å². The number of Topliss-reactive ketones (excluding diaryl/α,β-unsaturated/α-hetero) is 1. The molecule has 0 aliphatic carbocycles. The summed E-state index contributed by atoms with van der Waals surface area (Å²) in [5, 5.41) is 4.75. The monoisotopic (exact) mass is 335 g/mol. The lowest BCUT2D eigenvalue weighted by molar-refractivity contribution is -0.116. The molecule has 2 heterocycles. The molecule has 0 saturated carbocycles. The van der Waals surface area contributed by atoms with Crippen molar-refractivity contribution in [2.75, 3.05) is 0 Å². The standard InChI is InChI=1S/C21H25N3O/c1-5-20-19(21-22-14(2)12-15(3)24(21)23-20)13-18-10-8-17(9-11-18)7-6-16(4)25/h8-12H,5-7,13H2,1-4H3. The number of ketones is 1. The molecule has 0 atom stereocenters.